The lowest BCUT2D eigenvalue weighted by Gasteiger charge is -2.08. The standard InChI is InChI=1S/C18H20N2O4S/c1-14-7-8-17(16(11-14)20(22)23)24-12-18(21)19-9-10-25-13-15-5-3-2-4-6-15/h2-8,11H,9-10,12-13H2,1H3,(H,19,21). The van der Waals surface area contributed by atoms with Crippen molar-refractivity contribution in [1.82, 2.24) is 5.32 Å². The number of nitrogens with zero attached hydrogens (tertiary/aromatic N) is 1. The number of hydrogen-bond acceptors (Lipinski definition) is 5. The second-order valence-corrected chi connectivity index (χ2v) is 6.51. The third kappa shape index (κ3) is 6.46. The Morgan fingerprint density at radius 1 is 1.24 bits per heavy atom. The molecule has 0 aromatic heterocycles. The van der Waals surface area contributed by atoms with Crippen molar-refractivity contribution in [3.63, 3.8) is 0 Å². The first kappa shape index (κ1) is 18.8. The smallest absolute Gasteiger partial charge is 0.311 e. The summed E-state index contributed by atoms with van der Waals surface area (Å²) in [7, 11) is 0. The molecule has 0 aliphatic heterocycles. The molecule has 1 amide bonds. The van der Waals surface area contributed by atoms with E-state index in [1.54, 1.807) is 24.8 Å². The maximum absolute atomic E-state index is 11.8. The number of benzene rings is 2. The Bertz CT molecular complexity index is 722. The van der Waals surface area contributed by atoms with Gasteiger partial charge in [-0.2, -0.15) is 11.8 Å². The number of rotatable bonds is 9. The van der Waals surface area contributed by atoms with Crippen molar-refractivity contribution < 1.29 is 14.5 Å². The number of nitro groups is 1. The number of nitro benzene ring substituents is 1. The molecule has 2 rings (SSSR count). The molecule has 0 heterocycles. The van der Waals surface area contributed by atoms with E-state index in [0.717, 1.165) is 17.1 Å². The van der Waals surface area contributed by atoms with Gasteiger partial charge in [0.1, 0.15) is 0 Å². The van der Waals surface area contributed by atoms with E-state index in [1.165, 1.54) is 17.7 Å². The van der Waals surface area contributed by atoms with Crippen LogP contribution in [0.3, 0.4) is 0 Å². The van der Waals surface area contributed by atoms with Gasteiger partial charge in [-0.05, 0) is 24.1 Å². The topological polar surface area (TPSA) is 81.5 Å². The van der Waals surface area contributed by atoms with E-state index in [4.69, 9.17) is 4.74 Å². The monoisotopic (exact) mass is 360 g/mol. The first-order valence-corrected chi connectivity index (χ1v) is 8.98. The van der Waals surface area contributed by atoms with Crippen molar-refractivity contribution >= 4 is 23.4 Å². The highest BCUT2D eigenvalue weighted by molar-refractivity contribution is 7.98. The summed E-state index contributed by atoms with van der Waals surface area (Å²) in [5.74, 6) is 1.48. The van der Waals surface area contributed by atoms with Crippen molar-refractivity contribution in [2.75, 3.05) is 18.9 Å². The van der Waals surface area contributed by atoms with E-state index < -0.39 is 4.92 Å². The SMILES string of the molecule is Cc1ccc(OCC(=O)NCCSCc2ccccc2)c([N+](=O)[O-])c1. The van der Waals surface area contributed by atoms with Gasteiger partial charge in [0.2, 0.25) is 0 Å². The van der Waals surface area contributed by atoms with Crippen LogP contribution in [-0.2, 0) is 10.5 Å². The Morgan fingerprint density at radius 2 is 2.00 bits per heavy atom. The average Bonchev–Trinajstić information content (AvgIpc) is 2.61. The molecule has 1 N–H and O–H groups in total. The van der Waals surface area contributed by atoms with Crippen LogP contribution in [0.1, 0.15) is 11.1 Å². The van der Waals surface area contributed by atoms with Crippen LogP contribution < -0.4 is 10.1 Å². The first-order valence-electron chi connectivity index (χ1n) is 7.82. The van der Waals surface area contributed by atoms with Crippen molar-refractivity contribution in [2.24, 2.45) is 0 Å². The van der Waals surface area contributed by atoms with Crippen LogP contribution in [0.2, 0.25) is 0 Å². The number of carbonyl (C=O) groups is 1. The number of amides is 1. The van der Waals surface area contributed by atoms with E-state index >= 15 is 0 Å². The molecule has 0 saturated carbocycles. The van der Waals surface area contributed by atoms with E-state index in [9.17, 15) is 14.9 Å². The fourth-order valence-electron chi connectivity index (χ4n) is 2.11. The van der Waals surface area contributed by atoms with Crippen LogP contribution in [-0.4, -0.2) is 29.7 Å². The Hall–Kier alpha value is -2.54. The molecule has 7 heteroatoms. The Kier molecular flexibility index (Phi) is 7.28. The van der Waals surface area contributed by atoms with Gasteiger partial charge in [-0.3, -0.25) is 14.9 Å². The minimum absolute atomic E-state index is 0.101. The number of ether oxygens (including phenoxy) is 1. The third-order valence-corrected chi connectivity index (χ3v) is 4.38. The lowest BCUT2D eigenvalue weighted by Crippen LogP contribution is -2.30. The minimum Gasteiger partial charge on any atom is -0.477 e. The molecule has 2 aromatic carbocycles. The van der Waals surface area contributed by atoms with E-state index in [-0.39, 0.29) is 24.0 Å². The van der Waals surface area contributed by atoms with Gasteiger partial charge in [0.15, 0.2) is 12.4 Å². The highest BCUT2D eigenvalue weighted by atomic mass is 32.2. The lowest BCUT2D eigenvalue weighted by atomic mass is 10.2. The summed E-state index contributed by atoms with van der Waals surface area (Å²) in [5, 5.41) is 13.7. The largest absolute Gasteiger partial charge is 0.477 e. The molecule has 25 heavy (non-hydrogen) atoms. The van der Waals surface area contributed by atoms with Gasteiger partial charge < -0.3 is 10.1 Å². The number of aryl methyl sites for hydroxylation is 1. The van der Waals surface area contributed by atoms with Gasteiger partial charge in [0, 0.05) is 24.1 Å². The van der Waals surface area contributed by atoms with Crippen molar-refractivity contribution in [3.8, 4) is 5.75 Å². The molecular weight excluding hydrogens is 340 g/mol. The van der Waals surface area contributed by atoms with Crippen LogP contribution >= 0.6 is 11.8 Å². The molecule has 0 radical (unpaired) electrons. The van der Waals surface area contributed by atoms with Crippen LogP contribution in [0.25, 0.3) is 0 Å². The van der Waals surface area contributed by atoms with Gasteiger partial charge in [0.25, 0.3) is 5.91 Å². The van der Waals surface area contributed by atoms with E-state index in [1.807, 2.05) is 18.2 Å². The molecule has 0 atom stereocenters. The summed E-state index contributed by atoms with van der Waals surface area (Å²) in [6, 6.07) is 14.7. The quantitative estimate of drug-likeness (QED) is 0.421. The maximum atomic E-state index is 11.8. The van der Waals surface area contributed by atoms with Gasteiger partial charge in [-0.1, -0.05) is 36.4 Å². The molecular formula is C18H20N2O4S. The molecule has 2 aromatic rings. The first-order chi connectivity index (χ1) is 12.1. The number of nitrogens with one attached hydrogen (secondary N) is 1. The number of thioether (sulfide) groups is 1. The summed E-state index contributed by atoms with van der Waals surface area (Å²) < 4.78 is 5.28. The van der Waals surface area contributed by atoms with Gasteiger partial charge in [0.05, 0.1) is 4.92 Å². The molecule has 0 aliphatic rings. The highest BCUT2D eigenvalue weighted by Crippen LogP contribution is 2.27. The zero-order chi connectivity index (χ0) is 18.1. The molecule has 0 saturated heterocycles. The summed E-state index contributed by atoms with van der Waals surface area (Å²) in [6.07, 6.45) is 0. The van der Waals surface area contributed by atoms with Crippen LogP contribution in [0, 0.1) is 17.0 Å². The summed E-state index contributed by atoms with van der Waals surface area (Å²) in [5.41, 5.74) is 1.87. The summed E-state index contributed by atoms with van der Waals surface area (Å²) >= 11 is 1.73. The summed E-state index contributed by atoms with van der Waals surface area (Å²) in [4.78, 5) is 22.3. The lowest BCUT2D eigenvalue weighted by molar-refractivity contribution is -0.385. The Balaban J connectivity index is 1.68. The highest BCUT2D eigenvalue weighted by Gasteiger charge is 2.16. The van der Waals surface area contributed by atoms with E-state index in [0.29, 0.717) is 6.54 Å². The van der Waals surface area contributed by atoms with E-state index in [2.05, 4.69) is 17.4 Å². The normalized spacial score (nSPS) is 10.3. The zero-order valence-electron chi connectivity index (χ0n) is 13.9. The summed E-state index contributed by atoms with van der Waals surface area (Å²) in [6.45, 7) is 2.04. The molecule has 0 bridgehead atoms. The van der Waals surface area contributed by atoms with Crippen LogP contribution in [0.5, 0.6) is 5.75 Å². The fraction of sp³-hybridized carbons (Fsp3) is 0.278. The predicted molar refractivity (Wildman–Crippen MR) is 98.9 cm³/mol. The second kappa shape index (κ2) is 9.68. The van der Waals surface area contributed by atoms with Gasteiger partial charge in [-0.25, -0.2) is 0 Å². The number of hydrogen-bond donors (Lipinski definition) is 1. The van der Waals surface area contributed by atoms with Gasteiger partial charge in [-0.15, -0.1) is 0 Å². The molecule has 0 unspecified atom stereocenters. The second-order valence-electron chi connectivity index (χ2n) is 5.41. The average molecular weight is 360 g/mol. The zero-order valence-corrected chi connectivity index (χ0v) is 14.8. The predicted octanol–water partition coefficient (Wildman–Crippen LogP) is 3.33. The molecule has 132 valence electrons. The molecule has 0 spiro atoms. The Morgan fingerprint density at radius 3 is 2.72 bits per heavy atom. The number of carbonyl (C=O) groups excluding carboxylic acids is 1. The van der Waals surface area contributed by atoms with Gasteiger partial charge >= 0.3 is 5.69 Å². The Labute approximate surface area is 150 Å². The van der Waals surface area contributed by atoms with Crippen LogP contribution in [0.4, 0.5) is 5.69 Å². The minimum atomic E-state index is -0.513. The third-order valence-electron chi connectivity index (χ3n) is 3.35. The molecule has 0 aliphatic carbocycles. The maximum Gasteiger partial charge on any atom is 0.311 e. The van der Waals surface area contributed by atoms with Crippen molar-refractivity contribution in [2.45, 2.75) is 12.7 Å². The fourth-order valence-corrected chi connectivity index (χ4v) is 2.93. The van der Waals surface area contributed by atoms with Crippen molar-refractivity contribution in [3.05, 3.63) is 69.8 Å². The van der Waals surface area contributed by atoms with Crippen molar-refractivity contribution in [1.29, 1.82) is 0 Å². The molecule has 0 fully saturated rings. The van der Waals surface area contributed by atoms with Crippen LogP contribution in [0.15, 0.2) is 48.5 Å². The molecule has 6 nitrogen and oxygen atoms in total.